The topological polar surface area (TPSA) is 203 Å². The van der Waals surface area contributed by atoms with Crippen molar-refractivity contribution in [3.8, 4) is 5.75 Å². The number of aromatic hydroxyl groups is 1. The number of amides is 2. The minimum atomic E-state index is -2.68. The van der Waals surface area contributed by atoms with E-state index in [1.165, 1.54) is 4.90 Å². The summed E-state index contributed by atoms with van der Waals surface area (Å²) in [5.74, 6) is -7.24. The Morgan fingerprint density at radius 1 is 1.15 bits per heavy atom. The Balaban J connectivity index is 1.52. The Hall–Kier alpha value is -3.90. The number of anilines is 1. The molecule has 0 radical (unpaired) electrons. The second kappa shape index (κ2) is 9.38. The van der Waals surface area contributed by atoms with Gasteiger partial charge in [-0.25, -0.2) is 0 Å². The van der Waals surface area contributed by atoms with Gasteiger partial charge >= 0.3 is 0 Å². The van der Waals surface area contributed by atoms with Gasteiger partial charge < -0.3 is 36.8 Å². The summed E-state index contributed by atoms with van der Waals surface area (Å²) in [6.07, 6.45) is 3.13. The van der Waals surface area contributed by atoms with Crippen LogP contribution in [0.3, 0.4) is 0 Å². The van der Waals surface area contributed by atoms with Crippen LogP contribution in [0.2, 0.25) is 0 Å². The van der Waals surface area contributed by atoms with E-state index in [1.54, 1.807) is 26.2 Å². The molecule has 0 saturated heterocycles. The van der Waals surface area contributed by atoms with E-state index < -0.39 is 63.8 Å². The molecule has 39 heavy (non-hydrogen) atoms. The van der Waals surface area contributed by atoms with Crippen molar-refractivity contribution in [3.63, 3.8) is 0 Å². The molecule has 208 valence electrons. The number of carbonyl (C=O) groups is 4. The molecule has 4 aliphatic rings. The minimum absolute atomic E-state index is 0.0217. The fourth-order valence-corrected chi connectivity index (χ4v) is 6.37. The van der Waals surface area contributed by atoms with Crippen LogP contribution in [0, 0.1) is 11.8 Å². The molecule has 1 aromatic carbocycles. The van der Waals surface area contributed by atoms with E-state index in [0.29, 0.717) is 5.56 Å². The summed E-state index contributed by atoms with van der Waals surface area (Å²) in [6, 6.07) is 2.31. The zero-order valence-electron chi connectivity index (χ0n) is 21.7. The molecule has 8 N–H and O–H groups in total. The fraction of sp³-hybridized carbons (Fsp3) is 0.481. The van der Waals surface area contributed by atoms with Crippen LogP contribution in [-0.2, 0) is 20.8 Å². The average Bonchev–Trinajstić information content (AvgIpc) is 2.82. The van der Waals surface area contributed by atoms with Gasteiger partial charge in [-0.2, -0.15) is 0 Å². The van der Waals surface area contributed by atoms with Gasteiger partial charge in [0.1, 0.15) is 22.8 Å². The number of nitrogens with one attached hydrogen (secondary N) is 2. The Kier molecular flexibility index (Phi) is 6.42. The van der Waals surface area contributed by atoms with Crippen molar-refractivity contribution in [2.24, 2.45) is 17.6 Å². The number of aliphatic hydroxyl groups is 3. The first-order chi connectivity index (χ1) is 18.4. The van der Waals surface area contributed by atoms with Crippen molar-refractivity contribution >= 4 is 29.1 Å². The Morgan fingerprint density at radius 2 is 1.85 bits per heavy atom. The highest BCUT2D eigenvalue weighted by atomic mass is 16.3. The predicted octanol–water partition coefficient (Wildman–Crippen LogP) is 0.201. The summed E-state index contributed by atoms with van der Waals surface area (Å²) in [4.78, 5) is 52.8. The van der Waals surface area contributed by atoms with Crippen LogP contribution in [0.1, 0.15) is 41.6 Å². The van der Waals surface area contributed by atoms with Crippen molar-refractivity contribution in [2.45, 2.75) is 49.8 Å². The molecule has 3 unspecified atom stereocenters. The monoisotopic (exact) mass is 540 g/mol. The van der Waals surface area contributed by atoms with Crippen LogP contribution < -0.4 is 16.4 Å². The number of phenolic OH excluding ortho intramolecular Hbond substituents is 1. The third-order valence-corrected chi connectivity index (χ3v) is 8.50. The average molecular weight is 541 g/mol. The van der Waals surface area contributed by atoms with Crippen LogP contribution in [0.4, 0.5) is 5.69 Å². The first-order valence-electron chi connectivity index (χ1n) is 12.9. The number of nitrogens with two attached hydrogens (primary N) is 1. The molecule has 0 bridgehead atoms. The smallest absolute Gasteiger partial charge is 0.255 e. The predicted molar refractivity (Wildman–Crippen MR) is 138 cm³/mol. The van der Waals surface area contributed by atoms with Crippen LogP contribution in [0.15, 0.2) is 34.8 Å². The van der Waals surface area contributed by atoms with Gasteiger partial charge in [-0.15, -0.1) is 0 Å². The molecule has 1 aromatic rings. The van der Waals surface area contributed by atoms with E-state index in [1.807, 2.05) is 0 Å². The number of nitrogens with zero attached hydrogens (tertiary/aromatic N) is 1. The van der Waals surface area contributed by atoms with Gasteiger partial charge in [-0.05, 0) is 63.7 Å². The van der Waals surface area contributed by atoms with Crippen molar-refractivity contribution in [3.05, 3.63) is 45.9 Å². The number of Topliss-reactive ketones (excluding diaryl/α,β-unsaturated/α-hetero) is 2. The number of primary amides is 1. The molecule has 5 rings (SSSR count). The Morgan fingerprint density at radius 3 is 2.44 bits per heavy atom. The van der Waals surface area contributed by atoms with Gasteiger partial charge in [0.15, 0.2) is 11.4 Å². The molecule has 0 spiro atoms. The van der Waals surface area contributed by atoms with Gasteiger partial charge in [0.25, 0.3) is 5.91 Å². The quantitative estimate of drug-likeness (QED) is 0.193. The highest BCUT2D eigenvalue weighted by molar-refractivity contribution is 6.24. The van der Waals surface area contributed by atoms with Gasteiger partial charge in [-0.1, -0.05) is 6.07 Å². The van der Waals surface area contributed by atoms with Crippen molar-refractivity contribution < 1.29 is 39.6 Å². The second-order valence-corrected chi connectivity index (χ2v) is 11.0. The number of rotatable bonds is 6. The van der Waals surface area contributed by atoms with E-state index in [0.717, 1.165) is 19.3 Å². The van der Waals surface area contributed by atoms with Crippen LogP contribution in [-0.4, -0.2) is 87.0 Å². The lowest BCUT2D eigenvalue weighted by Crippen LogP contribution is -2.63. The van der Waals surface area contributed by atoms with Crippen molar-refractivity contribution in [2.75, 3.05) is 26.0 Å². The molecule has 12 nitrogen and oxygen atoms in total. The maximum atomic E-state index is 13.7. The normalized spacial score (nSPS) is 28.5. The zero-order chi connectivity index (χ0) is 28.4. The van der Waals surface area contributed by atoms with Crippen LogP contribution in [0.25, 0.3) is 0 Å². The lowest BCUT2D eigenvalue weighted by molar-refractivity contribution is -0.148. The molecule has 0 heterocycles. The molecule has 0 aromatic heterocycles. The lowest BCUT2D eigenvalue weighted by atomic mass is 9.58. The molecule has 1 fully saturated rings. The summed E-state index contributed by atoms with van der Waals surface area (Å²) in [7, 11) is 3.15. The van der Waals surface area contributed by atoms with E-state index in [9.17, 15) is 39.6 Å². The molecule has 4 atom stereocenters. The number of aliphatic hydroxyl groups excluding tert-OH is 2. The number of allylic oxidation sites excluding steroid dienone is 1. The summed E-state index contributed by atoms with van der Waals surface area (Å²) in [5.41, 5.74) is 2.10. The first kappa shape index (κ1) is 26.7. The third kappa shape index (κ3) is 3.97. The number of hydrogen-bond donors (Lipinski definition) is 7. The van der Waals surface area contributed by atoms with E-state index >= 15 is 0 Å². The number of carbonyl (C=O) groups excluding carboxylic acids is 4. The van der Waals surface area contributed by atoms with Gasteiger partial charge in [0.05, 0.1) is 23.8 Å². The largest absolute Gasteiger partial charge is 0.510 e. The molecule has 1 saturated carbocycles. The number of hydrogen-bond acceptors (Lipinski definition) is 10. The fourth-order valence-electron chi connectivity index (χ4n) is 6.37. The minimum Gasteiger partial charge on any atom is -0.510 e. The highest BCUT2D eigenvalue weighted by Gasteiger charge is 2.63. The second-order valence-electron chi connectivity index (χ2n) is 11.0. The number of benzene rings is 1. The van der Waals surface area contributed by atoms with E-state index in [-0.39, 0.29) is 48.2 Å². The molecule has 4 aliphatic carbocycles. The number of likely N-dealkylation sites (N-methyl/N-ethyl adjacent to an activating group) is 1. The summed E-state index contributed by atoms with van der Waals surface area (Å²) >= 11 is 0. The highest BCUT2D eigenvalue weighted by Crippen LogP contribution is 2.52. The van der Waals surface area contributed by atoms with E-state index in [2.05, 4.69) is 10.6 Å². The molecular formula is C27H32N4O8. The third-order valence-electron chi connectivity index (χ3n) is 8.50. The maximum absolute atomic E-state index is 13.7. The Bertz CT molecular complexity index is 1360. The summed E-state index contributed by atoms with van der Waals surface area (Å²) in [5, 5.41) is 50.4. The van der Waals surface area contributed by atoms with Crippen molar-refractivity contribution in [1.29, 1.82) is 0 Å². The lowest BCUT2D eigenvalue weighted by Gasteiger charge is -2.50. The van der Waals surface area contributed by atoms with Crippen LogP contribution >= 0.6 is 0 Å². The number of fused-ring (bicyclic) bond motifs is 3. The van der Waals surface area contributed by atoms with Gasteiger partial charge in [0, 0.05) is 17.5 Å². The zero-order valence-corrected chi connectivity index (χ0v) is 21.7. The number of ketones is 2. The molecule has 12 heteroatoms. The molecule has 0 aliphatic heterocycles. The summed E-state index contributed by atoms with van der Waals surface area (Å²) in [6.45, 7) is -0.124. The molecule has 2 amide bonds. The maximum Gasteiger partial charge on any atom is 0.255 e. The van der Waals surface area contributed by atoms with Crippen LogP contribution in [0.5, 0.6) is 5.75 Å². The number of phenols is 1. The molecular weight excluding hydrogens is 508 g/mol. The van der Waals surface area contributed by atoms with Crippen molar-refractivity contribution in [1.82, 2.24) is 10.2 Å². The SMILES string of the molecule is CN(C)[C@@H]1C(O)=C(C(N)=O)C(=O)C2(O)C(O)=C3C(=O)c4c(ccc(NCC(=O)NC5CCC5)c4O)CC3CC12. The van der Waals surface area contributed by atoms with Gasteiger partial charge in [-0.3, -0.25) is 24.1 Å². The first-order valence-corrected chi connectivity index (χ1v) is 12.9. The Labute approximate surface area is 224 Å². The standard InChI is InChI=1S/C27H32N4O8/c1-31(2)20-14-9-12-8-11-6-7-15(29-10-16(32)30-13-4-3-5-13)21(33)17(11)22(34)18(12)24(36)27(14,39)25(37)19(23(20)35)26(28)38/h6-7,12-14,20,29,33,35-36,39H,3-5,8-10H2,1-2H3,(H2,28,38)(H,30,32)/t12?,14?,20-,27?/m0/s1. The summed E-state index contributed by atoms with van der Waals surface area (Å²) < 4.78 is 0. The van der Waals surface area contributed by atoms with E-state index in [4.69, 9.17) is 5.73 Å². The van der Waals surface area contributed by atoms with Gasteiger partial charge in [0.2, 0.25) is 11.7 Å².